The summed E-state index contributed by atoms with van der Waals surface area (Å²) in [4.78, 5) is 25.2. The molecule has 0 aromatic heterocycles. The number of amides is 2. The number of halogens is 1. The number of carbonyl (C=O) groups is 2. The van der Waals surface area contributed by atoms with Crippen molar-refractivity contribution in [2.24, 2.45) is 5.41 Å². The van der Waals surface area contributed by atoms with Crippen molar-refractivity contribution in [1.29, 1.82) is 0 Å². The minimum atomic E-state index is -1.23. The molecule has 0 aliphatic heterocycles. The van der Waals surface area contributed by atoms with E-state index in [1.165, 1.54) is 0 Å². The van der Waals surface area contributed by atoms with Gasteiger partial charge in [0.05, 0.1) is 10.7 Å². The first-order valence-corrected chi connectivity index (χ1v) is 8.91. The molecule has 0 saturated carbocycles. The molecular weight excluding hydrogens is 348 g/mol. The molecule has 2 N–H and O–H groups in total. The predicted molar refractivity (Wildman–Crippen MR) is 106 cm³/mol. The summed E-state index contributed by atoms with van der Waals surface area (Å²) in [5.74, 6) is -0.732. The fourth-order valence-electron chi connectivity index (χ4n) is 2.56. The fraction of sp³-hybridized carbons (Fsp3) is 0.333. The van der Waals surface area contributed by atoms with E-state index in [-0.39, 0.29) is 5.91 Å². The highest BCUT2D eigenvalue weighted by Crippen LogP contribution is 2.29. The summed E-state index contributed by atoms with van der Waals surface area (Å²) in [6, 6.07) is 11.6. The fourth-order valence-corrected chi connectivity index (χ4v) is 2.92. The third-order valence-electron chi connectivity index (χ3n) is 4.38. The summed E-state index contributed by atoms with van der Waals surface area (Å²) >= 11 is 6.25. The molecular formula is C21H25ClN2O2. The summed E-state index contributed by atoms with van der Waals surface area (Å²) in [5.41, 5.74) is 3.33. The molecule has 0 saturated heterocycles. The van der Waals surface area contributed by atoms with Crippen LogP contribution in [0.15, 0.2) is 36.4 Å². The normalized spacial score (nSPS) is 11.2. The summed E-state index contributed by atoms with van der Waals surface area (Å²) in [5, 5.41) is 6.10. The number of aryl methyl sites for hydroxylation is 3. The molecule has 0 bridgehead atoms. The topological polar surface area (TPSA) is 58.2 Å². The Bertz CT molecular complexity index is 803. The molecule has 0 aliphatic carbocycles. The van der Waals surface area contributed by atoms with Gasteiger partial charge in [0.15, 0.2) is 0 Å². The van der Waals surface area contributed by atoms with Gasteiger partial charge in [-0.2, -0.15) is 0 Å². The van der Waals surface area contributed by atoms with Crippen LogP contribution >= 0.6 is 11.6 Å². The van der Waals surface area contributed by atoms with Gasteiger partial charge in [0.2, 0.25) is 11.8 Å². The van der Waals surface area contributed by atoms with E-state index in [0.717, 1.165) is 22.3 Å². The van der Waals surface area contributed by atoms with E-state index in [9.17, 15) is 9.59 Å². The van der Waals surface area contributed by atoms with E-state index < -0.39 is 11.3 Å². The second kappa shape index (κ2) is 7.92. The van der Waals surface area contributed by atoms with Crippen LogP contribution in [0.2, 0.25) is 5.02 Å². The molecule has 2 rings (SSSR count). The van der Waals surface area contributed by atoms with Crippen molar-refractivity contribution in [2.45, 2.75) is 41.2 Å². The molecule has 0 aliphatic rings. The van der Waals surface area contributed by atoms with Crippen molar-refractivity contribution in [3.63, 3.8) is 0 Å². The average molecular weight is 373 g/mol. The number of hydrogen-bond acceptors (Lipinski definition) is 2. The molecule has 0 radical (unpaired) electrons. The minimum Gasteiger partial charge on any atom is -0.351 e. The third-order valence-corrected chi connectivity index (χ3v) is 4.68. The van der Waals surface area contributed by atoms with Gasteiger partial charge < -0.3 is 10.6 Å². The van der Waals surface area contributed by atoms with Gasteiger partial charge in [-0.25, -0.2) is 0 Å². The standard InChI is InChI=1S/C21H25ClN2O2/c1-13-6-8-16(9-7-13)12-23-19(25)21(4,5)20(26)24-18-15(3)10-14(2)11-17(18)22/h6-11H,12H2,1-5H3,(H,23,25)(H,24,26). The van der Waals surface area contributed by atoms with Gasteiger partial charge in [0.25, 0.3) is 0 Å². The maximum Gasteiger partial charge on any atom is 0.239 e. The van der Waals surface area contributed by atoms with Crippen molar-refractivity contribution in [3.05, 3.63) is 63.7 Å². The zero-order valence-corrected chi connectivity index (χ0v) is 16.6. The number of rotatable bonds is 5. The largest absolute Gasteiger partial charge is 0.351 e. The Morgan fingerprint density at radius 3 is 2.15 bits per heavy atom. The average Bonchev–Trinajstić information content (AvgIpc) is 2.56. The van der Waals surface area contributed by atoms with Crippen LogP contribution in [0, 0.1) is 26.2 Å². The van der Waals surface area contributed by atoms with Crippen molar-refractivity contribution in [3.8, 4) is 0 Å². The van der Waals surface area contributed by atoms with Crippen molar-refractivity contribution < 1.29 is 9.59 Å². The molecule has 0 heterocycles. The van der Waals surface area contributed by atoms with E-state index in [4.69, 9.17) is 11.6 Å². The van der Waals surface area contributed by atoms with Gasteiger partial charge in [-0.05, 0) is 57.4 Å². The first-order chi connectivity index (χ1) is 12.1. The number of benzene rings is 2. The monoisotopic (exact) mass is 372 g/mol. The van der Waals surface area contributed by atoms with Crippen LogP contribution in [0.4, 0.5) is 5.69 Å². The van der Waals surface area contributed by atoms with Crippen molar-refractivity contribution in [1.82, 2.24) is 5.32 Å². The predicted octanol–water partition coefficient (Wildman–Crippen LogP) is 4.55. The van der Waals surface area contributed by atoms with Crippen LogP contribution in [-0.2, 0) is 16.1 Å². The van der Waals surface area contributed by atoms with Crippen molar-refractivity contribution in [2.75, 3.05) is 5.32 Å². The van der Waals surface area contributed by atoms with E-state index in [1.54, 1.807) is 19.9 Å². The van der Waals surface area contributed by atoms with E-state index in [1.807, 2.05) is 51.1 Å². The number of carbonyl (C=O) groups excluding carboxylic acids is 2. The lowest BCUT2D eigenvalue weighted by molar-refractivity contribution is -0.138. The Balaban J connectivity index is 2.06. The lowest BCUT2D eigenvalue weighted by atomic mass is 9.90. The van der Waals surface area contributed by atoms with Crippen LogP contribution in [0.5, 0.6) is 0 Å². The Labute approximate surface area is 159 Å². The highest BCUT2D eigenvalue weighted by atomic mass is 35.5. The van der Waals surface area contributed by atoms with E-state index in [2.05, 4.69) is 10.6 Å². The molecule has 2 amide bonds. The molecule has 0 unspecified atom stereocenters. The molecule has 2 aromatic rings. The lowest BCUT2D eigenvalue weighted by Gasteiger charge is -2.24. The Morgan fingerprint density at radius 2 is 1.58 bits per heavy atom. The number of anilines is 1. The quantitative estimate of drug-likeness (QED) is 0.756. The van der Waals surface area contributed by atoms with Crippen LogP contribution in [0.1, 0.15) is 36.1 Å². The lowest BCUT2D eigenvalue weighted by Crippen LogP contribution is -2.45. The molecule has 4 nitrogen and oxygen atoms in total. The van der Waals surface area contributed by atoms with Gasteiger partial charge in [0.1, 0.15) is 5.41 Å². The van der Waals surface area contributed by atoms with Crippen LogP contribution in [-0.4, -0.2) is 11.8 Å². The zero-order valence-electron chi connectivity index (χ0n) is 15.9. The first-order valence-electron chi connectivity index (χ1n) is 8.53. The molecule has 0 spiro atoms. The second-order valence-corrected chi connectivity index (χ2v) is 7.59. The van der Waals surface area contributed by atoms with Crippen LogP contribution in [0.25, 0.3) is 0 Å². The minimum absolute atomic E-state index is 0.337. The van der Waals surface area contributed by atoms with Crippen molar-refractivity contribution >= 4 is 29.1 Å². The maximum absolute atomic E-state index is 12.7. The van der Waals surface area contributed by atoms with Gasteiger partial charge in [-0.15, -0.1) is 0 Å². The molecule has 2 aromatic carbocycles. The highest BCUT2D eigenvalue weighted by Gasteiger charge is 2.36. The maximum atomic E-state index is 12.7. The Morgan fingerprint density at radius 1 is 0.962 bits per heavy atom. The van der Waals surface area contributed by atoms with Gasteiger partial charge in [-0.1, -0.05) is 47.5 Å². The zero-order chi connectivity index (χ0) is 19.5. The first kappa shape index (κ1) is 20.0. The summed E-state index contributed by atoms with van der Waals surface area (Å²) in [7, 11) is 0. The second-order valence-electron chi connectivity index (χ2n) is 7.19. The van der Waals surface area contributed by atoms with Gasteiger partial charge >= 0.3 is 0 Å². The summed E-state index contributed by atoms with van der Waals surface area (Å²) < 4.78 is 0. The summed E-state index contributed by atoms with van der Waals surface area (Å²) in [6.07, 6.45) is 0. The Kier molecular flexibility index (Phi) is 6.09. The Hall–Kier alpha value is -2.33. The number of nitrogens with one attached hydrogen (secondary N) is 2. The molecule has 138 valence electrons. The molecule has 0 fully saturated rings. The summed E-state index contributed by atoms with van der Waals surface area (Å²) in [6.45, 7) is 9.40. The van der Waals surface area contributed by atoms with Crippen LogP contribution in [0.3, 0.4) is 0 Å². The van der Waals surface area contributed by atoms with Crippen LogP contribution < -0.4 is 10.6 Å². The third kappa shape index (κ3) is 4.64. The van der Waals surface area contributed by atoms with E-state index >= 15 is 0 Å². The smallest absolute Gasteiger partial charge is 0.239 e. The highest BCUT2D eigenvalue weighted by molar-refractivity contribution is 6.34. The van der Waals surface area contributed by atoms with Gasteiger partial charge in [-0.3, -0.25) is 9.59 Å². The number of hydrogen-bond donors (Lipinski definition) is 2. The molecule has 0 atom stereocenters. The molecule has 26 heavy (non-hydrogen) atoms. The van der Waals surface area contributed by atoms with E-state index in [0.29, 0.717) is 17.3 Å². The SMILES string of the molecule is Cc1ccc(CNC(=O)C(C)(C)C(=O)Nc2c(C)cc(C)cc2Cl)cc1. The molecule has 5 heteroatoms. The van der Waals surface area contributed by atoms with Gasteiger partial charge in [0, 0.05) is 6.54 Å².